The average Bonchev–Trinajstić information content (AvgIpc) is 2.47. The molecule has 1 aliphatic rings. The van der Waals surface area contributed by atoms with Gasteiger partial charge in [0, 0.05) is 11.5 Å². The Morgan fingerprint density at radius 3 is 2.29 bits per heavy atom. The van der Waals surface area contributed by atoms with Crippen LogP contribution in [0.25, 0.3) is 0 Å². The van der Waals surface area contributed by atoms with Crippen LogP contribution in [0.15, 0.2) is 13.1 Å². The zero-order valence-corrected chi connectivity index (χ0v) is 9.98. The monoisotopic (exact) mass is 280 g/mol. The number of fused-ring (bicyclic) bond motifs is 1. The second-order valence-corrected chi connectivity index (χ2v) is 6.88. The van der Waals surface area contributed by atoms with E-state index in [4.69, 9.17) is 0 Å². The van der Waals surface area contributed by atoms with Crippen molar-refractivity contribution in [1.82, 2.24) is 0 Å². The van der Waals surface area contributed by atoms with Crippen LogP contribution in [0.2, 0.25) is 0 Å². The highest BCUT2D eigenvalue weighted by atomic mass is 32.2. The molecule has 0 N–H and O–H groups in total. The highest BCUT2D eigenvalue weighted by molar-refractivity contribution is 8.08. The van der Waals surface area contributed by atoms with Gasteiger partial charge in [-0.05, 0) is 0 Å². The van der Waals surface area contributed by atoms with Crippen LogP contribution in [0.4, 0.5) is 17.3 Å². The summed E-state index contributed by atoms with van der Waals surface area (Å²) in [5.41, 5.74) is 0. The van der Waals surface area contributed by atoms with Crippen LogP contribution in [-0.4, -0.2) is 18.8 Å². The highest BCUT2D eigenvalue weighted by Crippen LogP contribution is 2.43. The lowest BCUT2D eigenvalue weighted by Crippen LogP contribution is -2.02. The molecule has 0 saturated heterocycles. The molecule has 0 radical (unpaired) electrons. The summed E-state index contributed by atoms with van der Waals surface area (Å²) < 4.78 is 44.3. The summed E-state index contributed by atoms with van der Waals surface area (Å²) in [6, 6.07) is 0. The predicted octanol–water partition coefficient (Wildman–Crippen LogP) is 4.59. The Bertz CT molecular complexity index is 259. The second kappa shape index (κ2) is 5.57. The fourth-order valence-electron chi connectivity index (χ4n) is 0.662. The first-order chi connectivity index (χ1) is 6.47. The van der Waals surface area contributed by atoms with Gasteiger partial charge in [-0.25, -0.2) is 0 Å². The molecule has 0 saturated carbocycles. The van der Waals surface area contributed by atoms with Crippen molar-refractivity contribution in [3.63, 3.8) is 0 Å². The van der Waals surface area contributed by atoms with E-state index >= 15 is 0 Å². The van der Waals surface area contributed by atoms with E-state index in [9.17, 15) is 17.3 Å². The quantitative estimate of drug-likeness (QED) is 0.387. The Morgan fingerprint density at radius 2 is 1.71 bits per heavy atom. The molecular formula is C5H5BF4S4. The van der Waals surface area contributed by atoms with Crippen LogP contribution in [0.3, 0.4) is 0 Å². The Balaban J connectivity index is 0.000000171. The summed E-state index contributed by atoms with van der Waals surface area (Å²) in [6.45, 7) is 0. The summed E-state index contributed by atoms with van der Waals surface area (Å²) in [5.74, 6) is 2.59. The maximum atomic E-state index is 9.75. The Kier molecular flexibility index (Phi) is 5.02. The van der Waals surface area contributed by atoms with Gasteiger partial charge in [-0.1, -0.05) is 23.5 Å². The molecular weight excluding hydrogens is 275 g/mol. The molecule has 0 unspecified atom stereocenters. The number of rotatable bonds is 0. The number of hydrogen-bond acceptors (Lipinski definition) is 3. The molecule has 0 atom stereocenters. The molecule has 0 fully saturated rings. The zero-order valence-electron chi connectivity index (χ0n) is 6.71. The number of halogens is 4. The fourth-order valence-corrected chi connectivity index (χ4v) is 6.06. The van der Waals surface area contributed by atoms with E-state index in [0.29, 0.717) is 0 Å². The molecule has 0 aromatic carbocycles. The topological polar surface area (TPSA) is 0 Å². The summed E-state index contributed by atoms with van der Waals surface area (Å²) in [7, 11) is -6.00. The van der Waals surface area contributed by atoms with Crippen molar-refractivity contribution >= 4 is 53.5 Å². The van der Waals surface area contributed by atoms with Crippen LogP contribution >= 0.6 is 46.2 Å². The lowest BCUT2D eigenvalue weighted by atomic mass is 10.3. The van der Waals surface area contributed by atoms with E-state index in [2.05, 4.69) is 4.69 Å². The van der Waals surface area contributed by atoms with E-state index in [1.165, 1.54) is 19.9 Å². The average molecular weight is 280 g/mol. The van der Waals surface area contributed by atoms with E-state index in [1.54, 1.807) is 0 Å². The van der Waals surface area contributed by atoms with Crippen LogP contribution in [0, 0.1) is 0 Å². The molecule has 9 heteroatoms. The van der Waals surface area contributed by atoms with E-state index < -0.39 is 7.25 Å². The van der Waals surface area contributed by atoms with Crippen molar-refractivity contribution in [3.05, 3.63) is 4.69 Å². The third-order valence-corrected chi connectivity index (χ3v) is 6.44. The first kappa shape index (κ1) is 12.6. The zero-order chi connectivity index (χ0) is 10.6. The lowest BCUT2D eigenvalue weighted by molar-refractivity contribution is 0.368. The largest absolute Gasteiger partial charge is 0.673 e. The van der Waals surface area contributed by atoms with Crippen LogP contribution in [-0.2, 0) is 0 Å². The molecule has 1 aromatic rings. The first-order valence-electron chi connectivity index (χ1n) is 3.49. The molecule has 80 valence electrons. The van der Waals surface area contributed by atoms with Gasteiger partial charge in [0.15, 0.2) is 0 Å². The van der Waals surface area contributed by atoms with Gasteiger partial charge in [-0.2, -0.15) is 0 Å². The molecule has 0 amide bonds. The maximum Gasteiger partial charge on any atom is 0.673 e. The number of thioether (sulfide) groups is 2. The fraction of sp³-hybridized carbons (Fsp3) is 0.400. The number of hydrogen-bond donors (Lipinski definition) is 0. The van der Waals surface area contributed by atoms with Gasteiger partial charge in [0.2, 0.25) is 13.1 Å². The molecule has 14 heavy (non-hydrogen) atoms. The summed E-state index contributed by atoms with van der Waals surface area (Å²) >= 11 is 7.78. The van der Waals surface area contributed by atoms with E-state index in [1.807, 2.05) is 46.2 Å². The van der Waals surface area contributed by atoms with Crippen molar-refractivity contribution in [3.8, 4) is 0 Å². The van der Waals surface area contributed by atoms with E-state index in [-0.39, 0.29) is 0 Å². The standard InChI is InChI=1S/C5H5S4.BF4/c1-2-7-5-4(6-1)8-3-9-5;2-1(3,4)5/h3H,1-2H2;/q+1;-1. The highest BCUT2D eigenvalue weighted by Gasteiger charge is 2.21. The van der Waals surface area contributed by atoms with E-state index in [0.717, 1.165) is 0 Å². The molecule has 0 aliphatic carbocycles. The van der Waals surface area contributed by atoms with Crippen molar-refractivity contribution in [2.45, 2.75) is 8.42 Å². The second-order valence-electron chi connectivity index (χ2n) is 2.10. The normalized spacial score (nSPS) is 15.4. The Hall–Kier alpha value is 0.535. The summed E-state index contributed by atoms with van der Waals surface area (Å²) in [6.07, 6.45) is 0. The molecule has 2 rings (SSSR count). The minimum Gasteiger partial charge on any atom is -0.418 e. The molecule has 1 aliphatic heterocycles. The van der Waals surface area contributed by atoms with Gasteiger partial charge in [-0.3, -0.25) is 0 Å². The molecule has 2 heterocycles. The van der Waals surface area contributed by atoms with Gasteiger partial charge < -0.3 is 17.3 Å². The van der Waals surface area contributed by atoms with Crippen molar-refractivity contribution in [2.75, 3.05) is 11.5 Å². The SMILES string of the molecule is F[B-](F)(F)F.c1sc2c([s+]1)SCCS2. The molecule has 0 bridgehead atoms. The van der Waals surface area contributed by atoms with Crippen LogP contribution in [0.1, 0.15) is 0 Å². The van der Waals surface area contributed by atoms with Crippen molar-refractivity contribution in [1.29, 1.82) is 0 Å². The van der Waals surface area contributed by atoms with Crippen molar-refractivity contribution in [2.24, 2.45) is 0 Å². The predicted molar refractivity (Wildman–Crippen MR) is 58.2 cm³/mol. The third-order valence-electron chi connectivity index (χ3n) is 1.03. The van der Waals surface area contributed by atoms with Crippen LogP contribution in [0.5, 0.6) is 0 Å². The lowest BCUT2D eigenvalue weighted by Gasteiger charge is -2.00. The van der Waals surface area contributed by atoms with Gasteiger partial charge >= 0.3 is 7.25 Å². The molecule has 0 nitrogen and oxygen atoms in total. The van der Waals surface area contributed by atoms with Gasteiger partial charge in [-0.15, -0.1) is 0 Å². The first-order valence-corrected chi connectivity index (χ1v) is 7.22. The molecule has 1 aromatic heterocycles. The Morgan fingerprint density at radius 1 is 1.14 bits per heavy atom. The van der Waals surface area contributed by atoms with Gasteiger partial charge in [0.1, 0.15) is 0 Å². The minimum absolute atomic E-state index is 1.30. The van der Waals surface area contributed by atoms with Crippen molar-refractivity contribution < 1.29 is 17.3 Å². The smallest absolute Gasteiger partial charge is 0.418 e. The Labute approximate surface area is 95.2 Å². The summed E-state index contributed by atoms with van der Waals surface area (Å²) in [5, 5.41) is 0. The summed E-state index contributed by atoms with van der Waals surface area (Å²) in [4.78, 5) is 0. The van der Waals surface area contributed by atoms with Crippen LogP contribution < -0.4 is 0 Å². The molecule has 0 spiro atoms. The third kappa shape index (κ3) is 5.42. The minimum atomic E-state index is -6.00. The maximum absolute atomic E-state index is 9.75. The van der Waals surface area contributed by atoms with Gasteiger partial charge in [0.25, 0.3) is 0 Å². The van der Waals surface area contributed by atoms with Gasteiger partial charge in [0.05, 0.1) is 22.7 Å².